The lowest BCUT2D eigenvalue weighted by Crippen LogP contribution is -2.41. The van der Waals surface area contributed by atoms with Crippen LogP contribution < -0.4 is 0 Å². The van der Waals surface area contributed by atoms with E-state index in [0.717, 1.165) is 0 Å². The minimum atomic E-state index is -3.17. The molecule has 0 spiro atoms. The van der Waals surface area contributed by atoms with Crippen LogP contribution in [-0.4, -0.2) is 28.2 Å². The third-order valence-electron chi connectivity index (χ3n) is 2.96. The van der Waals surface area contributed by atoms with Crippen LogP contribution >= 0.6 is 22.6 Å². The number of benzene rings is 1. The molecule has 0 aromatic heterocycles. The third-order valence-corrected chi connectivity index (χ3v) is 4.08. The predicted octanol–water partition coefficient (Wildman–Crippen LogP) is 3.42. The fraction of sp³-hybridized carbons (Fsp3) is 0.462. The predicted molar refractivity (Wildman–Crippen MR) is 73.6 cm³/mol. The standard InChI is InChI=1S/C13H13F2IO3/c1-2-9-10(13(14,15)12(16)18-9)19-11(17)8-6-4-3-5-7-8/h3-7,9-10,12H,2H2,1H3/t9-,10?,12?/m1/s1. The molecule has 3 nitrogen and oxygen atoms in total. The van der Waals surface area contributed by atoms with Gasteiger partial charge in [-0.05, 0) is 41.1 Å². The van der Waals surface area contributed by atoms with Crippen LogP contribution in [0.15, 0.2) is 30.3 Å². The second kappa shape index (κ2) is 5.70. The minimum absolute atomic E-state index is 0.255. The van der Waals surface area contributed by atoms with Crippen LogP contribution in [0.4, 0.5) is 8.78 Å². The van der Waals surface area contributed by atoms with Crippen molar-refractivity contribution in [1.82, 2.24) is 0 Å². The molecular weight excluding hydrogens is 369 g/mol. The van der Waals surface area contributed by atoms with E-state index in [9.17, 15) is 13.6 Å². The highest BCUT2D eigenvalue weighted by molar-refractivity contribution is 14.1. The Morgan fingerprint density at radius 1 is 1.42 bits per heavy atom. The van der Waals surface area contributed by atoms with E-state index in [0.29, 0.717) is 6.42 Å². The summed E-state index contributed by atoms with van der Waals surface area (Å²) in [4.78, 5) is 11.8. The Morgan fingerprint density at radius 2 is 2.05 bits per heavy atom. The Morgan fingerprint density at radius 3 is 2.63 bits per heavy atom. The quantitative estimate of drug-likeness (QED) is 0.457. The smallest absolute Gasteiger partial charge is 0.338 e. The zero-order valence-electron chi connectivity index (χ0n) is 10.2. The number of hydrogen-bond acceptors (Lipinski definition) is 3. The first-order valence-electron chi connectivity index (χ1n) is 5.90. The van der Waals surface area contributed by atoms with E-state index in [4.69, 9.17) is 9.47 Å². The van der Waals surface area contributed by atoms with Gasteiger partial charge in [0.05, 0.1) is 5.56 Å². The Hall–Kier alpha value is -0.760. The Bertz CT molecular complexity index is 452. The van der Waals surface area contributed by atoms with Crippen molar-refractivity contribution in [3.05, 3.63) is 35.9 Å². The number of ether oxygens (including phenoxy) is 2. The van der Waals surface area contributed by atoms with Crippen molar-refractivity contribution in [2.24, 2.45) is 0 Å². The first-order chi connectivity index (χ1) is 8.96. The lowest BCUT2D eigenvalue weighted by Gasteiger charge is -2.22. The van der Waals surface area contributed by atoms with Gasteiger partial charge in [-0.25, -0.2) is 4.79 Å². The molecule has 1 aromatic carbocycles. The maximum Gasteiger partial charge on any atom is 0.338 e. The average molecular weight is 382 g/mol. The van der Waals surface area contributed by atoms with Crippen molar-refractivity contribution in [1.29, 1.82) is 0 Å². The van der Waals surface area contributed by atoms with E-state index in [1.54, 1.807) is 25.1 Å². The maximum absolute atomic E-state index is 13.9. The number of esters is 1. The molecule has 1 aliphatic heterocycles. The van der Waals surface area contributed by atoms with Crippen LogP contribution in [0.2, 0.25) is 0 Å². The number of alkyl halides is 3. The van der Waals surface area contributed by atoms with Gasteiger partial charge in [-0.3, -0.25) is 0 Å². The normalized spacial score (nSPS) is 29.2. The van der Waals surface area contributed by atoms with Crippen LogP contribution in [0.25, 0.3) is 0 Å². The van der Waals surface area contributed by atoms with Crippen molar-refractivity contribution in [2.45, 2.75) is 35.6 Å². The van der Waals surface area contributed by atoms with Crippen molar-refractivity contribution in [3.8, 4) is 0 Å². The highest BCUT2D eigenvalue weighted by Crippen LogP contribution is 2.42. The second-order valence-corrected chi connectivity index (χ2v) is 5.40. The molecule has 2 unspecified atom stereocenters. The molecular formula is C13H13F2IO3. The molecule has 0 saturated carbocycles. The summed E-state index contributed by atoms with van der Waals surface area (Å²) in [6.45, 7) is 1.72. The zero-order valence-corrected chi connectivity index (χ0v) is 12.3. The van der Waals surface area contributed by atoms with Gasteiger partial charge in [-0.15, -0.1) is 0 Å². The molecule has 0 N–H and O–H groups in total. The molecule has 1 aliphatic rings. The molecule has 0 aliphatic carbocycles. The molecule has 1 fully saturated rings. The van der Waals surface area contributed by atoms with Gasteiger partial charge < -0.3 is 9.47 Å². The van der Waals surface area contributed by atoms with Crippen LogP contribution in [-0.2, 0) is 9.47 Å². The lowest BCUT2D eigenvalue weighted by atomic mass is 10.1. The molecule has 104 valence electrons. The van der Waals surface area contributed by atoms with Crippen molar-refractivity contribution in [3.63, 3.8) is 0 Å². The van der Waals surface area contributed by atoms with Crippen molar-refractivity contribution >= 4 is 28.6 Å². The van der Waals surface area contributed by atoms with Crippen LogP contribution in [0.3, 0.4) is 0 Å². The molecule has 0 bridgehead atoms. The van der Waals surface area contributed by atoms with Gasteiger partial charge in [0.2, 0.25) is 0 Å². The van der Waals surface area contributed by atoms with E-state index in [-0.39, 0.29) is 5.56 Å². The monoisotopic (exact) mass is 382 g/mol. The number of carbonyl (C=O) groups excluding carboxylic acids is 1. The summed E-state index contributed by atoms with van der Waals surface area (Å²) >= 11 is 1.53. The summed E-state index contributed by atoms with van der Waals surface area (Å²) in [5.41, 5.74) is 0.255. The number of hydrogen-bond donors (Lipinski definition) is 0. The fourth-order valence-corrected chi connectivity index (χ4v) is 2.65. The Kier molecular flexibility index (Phi) is 4.39. The molecule has 2 rings (SSSR count). The first kappa shape index (κ1) is 14.6. The van der Waals surface area contributed by atoms with Gasteiger partial charge in [-0.1, -0.05) is 25.1 Å². The molecule has 1 saturated heterocycles. The molecule has 0 radical (unpaired) electrons. The zero-order chi connectivity index (χ0) is 14.0. The van der Waals surface area contributed by atoms with Crippen LogP contribution in [0.1, 0.15) is 23.7 Å². The minimum Gasteiger partial charge on any atom is -0.449 e. The SMILES string of the molecule is CC[C@H]1OC(I)C(F)(F)C1OC(=O)c1ccccc1. The summed E-state index contributed by atoms with van der Waals surface area (Å²) in [6.07, 6.45) is -1.95. The topological polar surface area (TPSA) is 35.5 Å². The van der Waals surface area contributed by atoms with Gasteiger partial charge >= 0.3 is 11.9 Å². The van der Waals surface area contributed by atoms with Crippen LogP contribution in [0.5, 0.6) is 0 Å². The highest BCUT2D eigenvalue weighted by atomic mass is 127. The van der Waals surface area contributed by atoms with E-state index in [1.165, 1.54) is 34.7 Å². The number of rotatable bonds is 3. The molecule has 0 amide bonds. The van der Waals surface area contributed by atoms with E-state index in [2.05, 4.69) is 0 Å². The highest BCUT2D eigenvalue weighted by Gasteiger charge is 2.59. The van der Waals surface area contributed by atoms with E-state index >= 15 is 0 Å². The lowest BCUT2D eigenvalue weighted by molar-refractivity contribution is -0.0942. The van der Waals surface area contributed by atoms with Gasteiger partial charge in [0.15, 0.2) is 10.2 Å². The van der Waals surface area contributed by atoms with Crippen molar-refractivity contribution in [2.75, 3.05) is 0 Å². The second-order valence-electron chi connectivity index (χ2n) is 4.27. The number of carbonyl (C=O) groups is 1. The largest absolute Gasteiger partial charge is 0.449 e. The molecule has 3 atom stereocenters. The fourth-order valence-electron chi connectivity index (χ4n) is 1.91. The van der Waals surface area contributed by atoms with E-state index < -0.39 is 28.2 Å². The summed E-state index contributed by atoms with van der Waals surface area (Å²) in [5, 5.41) is 0. The van der Waals surface area contributed by atoms with Crippen molar-refractivity contribution < 1.29 is 23.0 Å². The van der Waals surface area contributed by atoms with Gasteiger partial charge in [-0.2, -0.15) is 8.78 Å². The summed E-state index contributed by atoms with van der Waals surface area (Å²) in [6, 6.07) is 8.09. The average Bonchev–Trinajstić information content (AvgIpc) is 2.63. The summed E-state index contributed by atoms with van der Waals surface area (Å²) < 4.78 is 36.6. The summed E-state index contributed by atoms with van der Waals surface area (Å²) in [5.74, 6) is -3.93. The van der Waals surface area contributed by atoms with Gasteiger partial charge in [0, 0.05) is 0 Å². The molecule has 6 heteroatoms. The molecule has 19 heavy (non-hydrogen) atoms. The summed E-state index contributed by atoms with van der Waals surface area (Å²) in [7, 11) is 0. The maximum atomic E-state index is 13.9. The Labute approximate surface area is 123 Å². The van der Waals surface area contributed by atoms with Gasteiger partial charge in [0.25, 0.3) is 0 Å². The Balaban J connectivity index is 2.15. The molecule has 1 aromatic rings. The third kappa shape index (κ3) is 2.89. The van der Waals surface area contributed by atoms with Crippen LogP contribution in [0, 0.1) is 0 Å². The first-order valence-corrected chi connectivity index (χ1v) is 7.14. The van der Waals surface area contributed by atoms with E-state index in [1.807, 2.05) is 0 Å². The van der Waals surface area contributed by atoms with Gasteiger partial charge in [0.1, 0.15) is 6.10 Å². The number of halogens is 3. The molecule has 1 heterocycles.